The molecule has 28 heavy (non-hydrogen) atoms. The van der Waals surface area contributed by atoms with E-state index in [4.69, 9.17) is 32.7 Å². The molecule has 4 rings (SSSR count). The number of hydrogen-bond acceptors (Lipinski definition) is 4. The van der Waals surface area contributed by atoms with Crippen LogP contribution in [0.4, 0.5) is 5.69 Å². The Labute approximate surface area is 173 Å². The molecular weight excluding hydrogens is 399 g/mol. The van der Waals surface area contributed by atoms with Crippen molar-refractivity contribution in [2.24, 2.45) is 0 Å². The predicted molar refractivity (Wildman–Crippen MR) is 112 cm³/mol. The van der Waals surface area contributed by atoms with E-state index in [-0.39, 0.29) is 5.76 Å². The number of anilines is 1. The van der Waals surface area contributed by atoms with Gasteiger partial charge in [0.1, 0.15) is 5.58 Å². The van der Waals surface area contributed by atoms with Gasteiger partial charge in [0.15, 0.2) is 0 Å². The third-order valence-electron chi connectivity index (χ3n) is 5.29. The van der Waals surface area contributed by atoms with Crippen LogP contribution in [0.5, 0.6) is 0 Å². The van der Waals surface area contributed by atoms with Gasteiger partial charge in [-0.3, -0.25) is 4.90 Å². The number of aryl methyl sites for hydroxylation is 1. The molecule has 3 aromatic rings. The number of furan rings is 1. The smallest absolute Gasteiger partial charge is 0.371 e. The first-order chi connectivity index (χ1) is 13.4. The SMILES string of the molecule is Cc1c(N2CCN(Cc3cccc(Cl)c3Cl)CC2)ccc2oc(C(=O)O)cc12. The minimum atomic E-state index is -1.05. The second kappa shape index (κ2) is 7.66. The highest BCUT2D eigenvalue weighted by Gasteiger charge is 2.21. The number of hydrogen-bond donors (Lipinski definition) is 1. The highest BCUT2D eigenvalue weighted by molar-refractivity contribution is 6.42. The summed E-state index contributed by atoms with van der Waals surface area (Å²) in [6.07, 6.45) is 0. The molecule has 7 heteroatoms. The Morgan fingerprint density at radius 3 is 2.61 bits per heavy atom. The van der Waals surface area contributed by atoms with E-state index in [1.165, 1.54) is 0 Å². The van der Waals surface area contributed by atoms with E-state index < -0.39 is 5.97 Å². The predicted octanol–water partition coefficient (Wildman–Crippen LogP) is 5.07. The number of fused-ring (bicyclic) bond motifs is 1. The van der Waals surface area contributed by atoms with Crippen LogP contribution in [-0.4, -0.2) is 42.2 Å². The van der Waals surface area contributed by atoms with Crippen molar-refractivity contribution in [3.05, 3.63) is 63.3 Å². The van der Waals surface area contributed by atoms with Gasteiger partial charge in [-0.15, -0.1) is 0 Å². The van der Waals surface area contributed by atoms with E-state index in [1.807, 2.05) is 31.2 Å². The summed E-state index contributed by atoms with van der Waals surface area (Å²) in [7, 11) is 0. The van der Waals surface area contributed by atoms with Gasteiger partial charge >= 0.3 is 5.97 Å². The van der Waals surface area contributed by atoms with Crippen LogP contribution in [0.25, 0.3) is 11.0 Å². The van der Waals surface area contributed by atoms with Crippen LogP contribution in [0.1, 0.15) is 21.7 Å². The summed E-state index contributed by atoms with van der Waals surface area (Å²) in [5, 5.41) is 11.2. The molecule has 0 bridgehead atoms. The molecule has 0 spiro atoms. The molecule has 5 nitrogen and oxygen atoms in total. The van der Waals surface area contributed by atoms with Gasteiger partial charge in [0, 0.05) is 43.8 Å². The summed E-state index contributed by atoms with van der Waals surface area (Å²) < 4.78 is 5.41. The highest BCUT2D eigenvalue weighted by Crippen LogP contribution is 2.32. The zero-order chi connectivity index (χ0) is 19.8. The van der Waals surface area contributed by atoms with Crippen LogP contribution in [0.15, 0.2) is 40.8 Å². The number of rotatable bonds is 4. The monoisotopic (exact) mass is 418 g/mol. The van der Waals surface area contributed by atoms with Crippen LogP contribution >= 0.6 is 23.2 Å². The van der Waals surface area contributed by atoms with Crippen molar-refractivity contribution in [3.8, 4) is 0 Å². The summed E-state index contributed by atoms with van der Waals surface area (Å²) in [4.78, 5) is 15.9. The van der Waals surface area contributed by atoms with Gasteiger partial charge in [-0.25, -0.2) is 4.79 Å². The van der Waals surface area contributed by atoms with Crippen molar-refractivity contribution in [1.29, 1.82) is 0 Å². The first-order valence-corrected chi connectivity index (χ1v) is 9.86. The van der Waals surface area contributed by atoms with Crippen molar-refractivity contribution in [1.82, 2.24) is 4.90 Å². The van der Waals surface area contributed by atoms with Gasteiger partial charge in [0.05, 0.1) is 10.0 Å². The van der Waals surface area contributed by atoms with Gasteiger partial charge < -0.3 is 14.4 Å². The Morgan fingerprint density at radius 1 is 1.14 bits per heavy atom. The molecule has 1 N–H and O–H groups in total. The summed E-state index contributed by atoms with van der Waals surface area (Å²) >= 11 is 12.4. The van der Waals surface area contributed by atoms with Crippen molar-refractivity contribution in [3.63, 3.8) is 0 Å². The standard InChI is InChI=1S/C21H20Cl2N2O3/c1-13-15-11-19(21(26)27)28-18(15)6-5-17(13)25-9-7-24(8-10-25)12-14-3-2-4-16(22)20(14)23/h2-6,11H,7-10,12H2,1H3,(H,26,27). The number of halogens is 2. The number of piperazine rings is 1. The lowest BCUT2D eigenvalue weighted by Gasteiger charge is -2.37. The molecule has 0 amide bonds. The Hall–Kier alpha value is -2.21. The number of carbonyl (C=O) groups is 1. The average Bonchev–Trinajstić information content (AvgIpc) is 3.12. The molecule has 0 radical (unpaired) electrons. The second-order valence-corrected chi connectivity index (χ2v) is 7.80. The number of aromatic carboxylic acids is 1. The molecule has 0 atom stereocenters. The number of carboxylic acid groups (broad SMARTS) is 1. The summed E-state index contributed by atoms with van der Waals surface area (Å²) in [6, 6.07) is 11.2. The maximum atomic E-state index is 11.2. The first-order valence-electron chi connectivity index (χ1n) is 9.10. The first kappa shape index (κ1) is 19.1. The maximum absolute atomic E-state index is 11.2. The Morgan fingerprint density at radius 2 is 1.89 bits per heavy atom. The topological polar surface area (TPSA) is 56.9 Å². The van der Waals surface area contributed by atoms with Crippen LogP contribution < -0.4 is 4.90 Å². The average molecular weight is 419 g/mol. The summed E-state index contributed by atoms with van der Waals surface area (Å²) in [5.74, 6) is -1.08. The zero-order valence-corrected chi connectivity index (χ0v) is 16.9. The number of nitrogens with zero attached hydrogens (tertiary/aromatic N) is 2. The van der Waals surface area contributed by atoms with Crippen LogP contribution in [-0.2, 0) is 6.54 Å². The lowest BCUT2D eigenvalue weighted by molar-refractivity contribution is 0.0665. The minimum absolute atomic E-state index is 0.0292. The molecule has 2 aromatic carbocycles. The van der Waals surface area contributed by atoms with Crippen molar-refractivity contribution >= 4 is 45.8 Å². The van der Waals surface area contributed by atoms with E-state index in [0.29, 0.717) is 15.6 Å². The number of carboxylic acids is 1. The Bertz CT molecular complexity index is 1040. The normalized spacial score (nSPS) is 15.3. The van der Waals surface area contributed by atoms with Crippen molar-refractivity contribution in [2.75, 3.05) is 31.1 Å². The van der Waals surface area contributed by atoms with Crippen molar-refractivity contribution < 1.29 is 14.3 Å². The van der Waals surface area contributed by atoms with Crippen LogP contribution in [0.2, 0.25) is 10.0 Å². The molecule has 0 unspecified atom stereocenters. The fourth-order valence-electron chi connectivity index (χ4n) is 3.75. The van der Waals surface area contributed by atoms with Crippen molar-refractivity contribution in [2.45, 2.75) is 13.5 Å². The van der Waals surface area contributed by atoms with Gasteiger partial charge in [-0.2, -0.15) is 0 Å². The maximum Gasteiger partial charge on any atom is 0.371 e. The molecule has 1 aliphatic rings. The Kier molecular flexibility index (Phi) is 5.23. The Balaban J connectivity index is 1.48. The second-order valence-electron chi connectivity index (χ2n) is 7.01. The molecule has 0 saturated carbocycles. The molecule has 2 heterocycles. The molecule has 146 valence electrons. The van der Waals surface area contributed by atoms with Gasteiger partial charge in [0.25, 0.3) is 0 Å². The van der Waals surface area contributed by atoms with Gasteiger partial charge in [-0.05, 0) is 42.3 Å². The summed E-state index contributed by atoms with van der Waals surface area (Å²) in [5.41, 5.74) is 3.80. The van der Waals surface area contributed by atoms with E-state index in [2.05, 4.69) is 9.80 Å². The molecular formula is C21H20Cl2N2O3. The zero-order valence-electron chi connectivity index (χ0n) is 15.4. The molecule has 1 aliphatic heterocycles. The lowest BCUT2D eigenvalue weighted by Crippen LogP contribution is -2.46. The largest absolute Gasteiger partial charge is 0.475 e. The van der Waals surface area contributed by atoms with Crippen LogP contribution in [0, 0.1) is 6.92 Å². The van der Waals surface area contributed by atoms with Gasteiger partial charge in [0.2, 0.25) is 5.76 Å². The quantitative estimate of drug-likeness (QED) is 0.640. The number of benzene rings is 2. The van der Waals surface area contributed by atoms with Gasteiger partial charge in [-0.1, -0.05) is 35.3 Å². The van der Waals surface area contributed by atoms with E-state index in [9.17, 15) is 4.79 Å². The molecule has 1 fully saturated rings. The fourth-order valence-corrected chi connectivity index (χ4v) is 4.13. The van der Waals surface area contributed by atoms with Crippen LogP contribution in [0.3, 0.4) is 0 Å². The molecule has 1 aromatic heterocycles. The molecule has 0 aliphatic carbocycles. The fraction of sp³-hybridized carbons (Fsp3) is 0.286. The third kappa shape index (κ3) is 3.58. The molecule has 1 saturated heterocycles. The van der Waals surface area contributed by atoms with E-state index in [0.717, 1.165) is 54.9 Å². The lowest BCUT2D eigenvalue weighted by atomic mass is 10.1. The minimum Gasteiger partial charge on any atom is -0.475 e. The summed E-state index contributed by atoms with van der Waals surface area (Å²) in [6.45, 7) is 6.37. The van der Waals surface area contributed by atoms with E-state index in [1.54, 1.807) is 12.1 Å². The van der Waals surface area contributed by atoms with E-state index >= 15 is 0 Å². The third-order valence-corrected chi connectivity index (χ3v) is 6.15. The highest BCUT2D eigenvalue weighted by atomic mass is 35.5.